The first-order valence-electron chi connectivity index (χ1n) is 11.0. The van der Waals surface area contributed by atoms with E-state index in [1.807, 2.05) is 38.1 Å². The van der Waals surface area contributed by atoms with E-state index in [2.05, 4.69) is 4.99 Å². The van der Waals surface area contributed by atoms with Gasteiger partial charge in [-0.1, -0.05) is 41.7 Å². The number of halogens is 1. The van der Waals surface area contributed by atoms with Crippen LogP contribution in [0.5, 0.6) is 5.75 Å². The van der Waals surface area contributed by atoms with Crippen molar-refractivity contribution in [2.45, 2.75) is 39.8 Å². The molecule has 0 bridgehead atoms. The van der Waals surface area contributed by atoms with Gasteiger partial charge in [0.1, 0.15) is 17.6 Å². The van der Waals surface area contributed by atoms with Gasteiger partial charge >= 0.3 is 5.97 Å². The van der Waals surface area contributed by atoms with Crippen LogP contribution in [-0.4, -0.2) is 23.2 Å². The lowest BCUT2D eigenvalue weighted by molar-refractivity contribution is -0.139. The summed E-state index contributed by atoms with van der Waals surface area (Å²) in [5, 5.41) is 0. The number of hydrogen-bond donors (Lipinski definition) is 0. The maximum atomic E-state index is 13.6. The van der Waals surface area contributed by atoms with E-state index in [0.717, 1.165) is 0 Å². The Bertz CT molecular complexity index is 1430. The highest BCUT2D eigenvalue weighted by Crippen LogP contribution is 2.36. The number of para-hydroxylation sites is 1. The first kappa shape index (κ1) is 23.6. The zero-order valence-electron chi connectivity index (χ0n) is 19.4. The average Bonchev–Trinajstić information content (AvgIpc) is 3.09. The van der Waals surface area contributed by atoms with E-state index in [1.54, 1.807) is 32.1 Å². The topological polar surface area (TPSA) is 69.9 Å². The molecule has 0 N–H and O–H groups in total. The molecule has 0 unspecified atom stereocenters. The van der Waals surface area contributed by atoms with Crippen LogP contribution in [0.25, 0.3) is 6.08 Å². The van der Waals surface area contributed by atoms with Crippen molar-refractivity contribution in [3.05, 3.63) is 96.4 Å². The summed E-state index contributed by atoms with van der Waals surface area (Å²) in [7, 11) is 0. The largest absolute Gasteiger partial charge is 0.491 e. The molecule has 0 saturated carbocycles. The minimum absolute atomic E-state index is 0.105. The van der Waals surface area contributed by atoms with Gasteiger partial charge in [-0.3, -0.25) is 9.36 Å². The van der Waals surface area contributed by atoms with E-state index in [1.165, 1.54) is 28.0 Å². The molecule has 1 aliphatic rings. The number of benzene rings is 2. The van der Waals surface area contributed by atoms with Crippen molar-refractivity contribution in [2.24, 2.45) is 4.99 Å². The second-order valence-electron chi connectivity index (χ2n) is 8.06. The molecule has 1 aromatic heterocycles. The number of esters is 1. The van der Waals surface area contributed by atoms with Gasteiger partial charge in [-0.15, -0.1) is 0 Å². The van der Waals surface area contributed by atoms with Crippen LogP contribution in [0.1, 0.15) is 44.9 Å². The summed E-state index contributed by atoms with van der Waals surface area (Å²) in [6.45, 7) is 7.50. The zero-order chi connectivity index (χ0) is 24.4. The monoisotopic (exact) mass is 480 g/mol. The van der Waals surface area contributed by atoms with E-state index < -0.39 is 12.0 Å². The number of rotatable bonds is 6. The third kappa shape index (κ3) is 4.59. The van der Waals surface area contributed by atoms with Crippen LogP contribution in [0.15, 0.2) is 69.6 Å². The Morgan fingerprint density at radius 1 is 1.21 bits per heavy atom. The number of thiazole rings is 1. The Balaban J connectivity index is 1.97. The smallest absolute Gasteiger partial charge is 0.338 e. The lowest BCUT2D eigenvalue weighted by Gasteiger charge is -2.26. The van der Waals surface area contributed by atoms with Crippen molar-refractivity contribution < 1.29 is 18.7 Å². The minimum Gasteiger partial charge on any atom is -0.491 e. The molecule has 3 aromatic rings. The average molecular weight is 481 g/mol. The Morgan fingerprint density at radius 2 is 1.91 bits per heavy atom. The Labute approximate surface area is 200 Å². The van der Waals surface area contributed by atoms with Crippen LogP contribution >= 0.6 is 11.3 Å². The minimum atomic E-state index is -0.763. The maximum absolute atomic E-state index is 13.6. The maximum Gasteiger partial charge on any atom is 0.338 e. The van der Waals surface area contributed by atoms with E-state index >= 15 is 0 Å². The summed E-state index contributed by atoms with van der Waals surface area (Å²) in [5.74, 6) is -0.303. The quantitative estimate of drug-likeness (QED) is 0.504. The van der Waals surface area contributed by atoms with Gasteiger partial charge in [0.2, 0.25) is 0 Å². The van der Waals surface area contributed by atoms with Gasteiger partial charge in [-0.2, -0.15) is 0 Å². The molecular weight excluding hydrogens is 455 g/mol. The number of allylic oxidation sites excluding steroid dienone is 1. The molecule has 2 heterocycles. The van der Waals surface area contributed by atoms with Crippen LogP contribution in [0, 0.1) is 5.82 Å². The van der Waals surface area contributed by atoms with E-state index in [9.17, 15) is 14.0 Å². The molecule has 34 heavy (non-hydrogen) atoms. The van der Waals surface area contributed by atoms with Crippen LogP contribution < -0.4 is 19.6 Å². The third-order valence-electron chi connectivity index (χ3n) is 5.26. The highest BCUT2D eigenvalue weighted by Gasteiger charge is 2.35. The molecule has 4 rings (SSSR count). The number of ether oxygens (including phenoxy) is 2. The van der Waals surface area contributed by atoms with E-state index in [0.29, 0.717) is 37.5 Å². The van der Waals surface area contributed by atoms with Crippen LogP contribution in [0.4, 0.5) is 4.39 Å². The fourth-order valence-corrected chi connectivity index (χ4v) is 4.91. The molecular formula is C26H25FN2O4S. The summed E-state index contributed by atoms with van der Waals surface area (Å²) in [6, 6.07) is 12.5. The molecule has 1 aliphatic heterocycles. The summed E-state index contributed by atoms with van der Waals surface area (Å²) in [6.07, 6.45) is 1.59. The van der Waals surface area contributed by atoms with Crippen LogP contribution in [-0.2, 0) is 9.53 Å². The predicted molar refractivity (Wildman–Crippen MR) is 129 cm³/mol. The van der Waals surface area contributed by atoms with Gasteiger partial charge in [0.05, 0.1) is 28.5 Å². The van der Waals surface area contributed by atoms with Gasteiger partial charge in [0.25, 0.3) is 5.56 Å². The van der Waals surface area contributed by atoms with Crippen molar-refractivity contribution in [3.8, 4) is 5.75 Å². The Kier molecular flexibility index (Phi) is 6.79. The van der Waals surface area contributed by atoms with Crippen molar-refractivity contribution in [1.82, 2.24) is 4.57 Å². The Hall–Kier alpha value is -3.52. The molecule has 6 nitrogen and oxygen atoms in total. The number of fused-ring (bicyclic) bond motifs is 1. The highest BCUT2D eigenvalue weighted by atomic mass is 32.1. The summed E-state index contributed by atoms with van der Waals surface area (Å²) in [4.78, 5) is 31.7. The van der Waals surface area contributed by atoms with Crippen molar-refractivity contribution in [1.29, 1.82) is 0 Å². The van der Waals surface area contributed by atoms with Gasteiger partial charge < -0.3 is 9.47 Å². The van der Waals surface area contributed by atoms with Crippen LogP contribution in [0.3, 0.4) is 0 Å². The van der Waals surface area contributed by atoms with Crippen molar-refractivity contribution >= 4 is 23.4 Å². The SMILES string of the molecule is CCOC(=O)C1=C(C)N=c2s/c(=C/c3ccc(F)cc3)c(=O)n2[C@@H]1c1ccccc1OC(C)C. The fraction of sp³-hybridized carbons (Fsp3) is 0.269. The molecule has 176 valence electrons. The molecule has 8 heteroatoms. The second kappa shape index (κ2) is 9.77. The van der Waals surface area contributed by atoms with Crippen molar-refractivity contribution in [2.75, 3.05) is 6.61 Å². The molecule has 0 spiro atoms. The summed E-state index contributed by atoms with van der Waals surface area (Å²) < 4.78 is 26.6. The molecule has 1 atom stereocenters. The summed E-state index contributed by atoms with van der Waals surface area (Å²) in [5.41, 5.74) is 1.84. The van der Waals surface area contributed by atoms with Crippen molar-refractivity contribution in [3.63, 3.8) is 0 Å². The molecule has 0 saturated heterocycles. The van der Waals surface area contributed by atoms with Gasteiger partial charge in [-0.05, 0) is 57.5 Å². The van der Waals surface area contributed by atoms with Gasteiger partial charge in [-0.25, -0.2) is 14.2 Å². The normalized spacial score (nSPS) is 15.8. The first-order chi connectivity index (χ1) is 16.3. The lowest BCUT2D eigenvalue weighted by atomic mass is 9.95. The highest BCUT2D eigenvalue weighted by molar-refractivity contribution is 7.07. The number of hydrogen-bond acceptors (Lipinski definition) is 6. The first-order valence-corrected chi connectivity index (χ1v) is 11.8. The molecule has 0 radical (unpaired) electrons. The number of carbonyl (C=O) groups excluding carboxylic acids is 1. The third-order valence-corrected chi connectivity index (χ3v) is 6.24. The molecule has 0 fully saturated rings. The van der Waals surface area contributed by atoms with E-state index in [4.69, 9.17) is 9.47 Å². The molecule has 2 aromatic carbocycles. The number of nitrogens with zero attached hydrogens (tertiary/aromatic N) is 2. The number of carbonyl (C=O) groups is 1. The molecule has 0 aliphatic carbocycles. The predicted octanol–water partition coefficient (Wildman–Crippen LogP) is 3.72. The summed E-state index contributed by atoms with van der Waals surface area (Å²) >= 11 is 1.22. The van der Waals surface area contributed by atoms with Crippen LogP contribution in [0.2, 0.25) is 0 Å². The standard InChI is InChI=1S/C26H25FN2O4S/c1-5-32-25(31)22-16(4)28-26-29(23(22)19-8-6-7-9-20(19)33-15(2)3)24(30)21(34-26)14-17-10-12-18(27)13-11-17/h6-15,23H,5H2,1-4H3/b21-14+/t23-/m1/s1. The lowest BCUT2D eigenvalue weighted by Crippen LogP contribution is -2.40. The van der Waals surface area contributed by atoms with Gasteiger partial charge in [0.15, 0.2) is 4.80 Å². The molecule has 0 amide bonds. The van der Waals surface area contributed by atoms with E-state index in [-0.39, 0.29) is 24.1 Å². The second-order valence-corrected chi connectivity index (χ2v) is 9.07. The Morgan fingerprint density at radius 3 is 2.59 bits per heavy atom. The number of aromatic nitrogens is 1. The zero-order valence-corrected chi connectivity index (χ0v) is 20.2. The fourth-order valence-electron chi connectivity index (χ4n) is 3.86. The van der Waals surface area contributed by atoms with Gasteiger partial charge in [0, 0.05) is 5.56 Å².